The van der Waals surface area contributed by atoms with Crippen LogP contribution in [0.2, 0.25) is 0 Å². The number of carbonyl (C=O) groups excluding carboxylic acids is 1. The van der Waals surface area contributed by atoms with Crippen LogP contribution in [0.3, 0.4) is 0 Å². The maximum absolute atomic E-state index is 11.6. The van der Waals surface area contributed by atoms with Gasteiger partial charge in [-0.1, -0.05) is 0 Å². The fraction of sp³-hybridized carbons (Fsp3) is 0.500. The monoisotopic (exact) mass is 361 g/mol. The van der Waals surface area contributed by atoms with E-state index in [4.69, 9.17) is 14.2 Å². The number of aliphatic hydroxyl groups is 1. The molecule has 0 radical (unpaired) electrons. The predicted octanol–water partition coefficient (Wildman–Crippen LogP) is 1.48. The van der Waals surface area contributed by atoms with Crippen molar-refractivity contribution in [2.45, 2.75) is 13.5 Å². The number of ether oxygens (including phenoxy) is 3. The summed E-state index contributed by atoms with van der Waals surface area (Å²) in [4.78, 5) is 11.6. The van der Waals surface area contributed by atoms with Crippen LogP contribution in [-0.2, 0) is 16.1 Å². The van der Waals surface area contributed by atoms with Gasteiger partial charge in [0.05, 0.1) is 24.3 Å². The average molecular weight is 362 g/mol. The molecule has 7 heteroatoms. The smallest absolute Gasteiger partial charge is 0.258 e. The Labute approximate surface area is 132 Å². The second-order valence-corrected chi connectivity index (χ2v) is 4.98. The van der Waals surface area contributed by atoms with Crippen molar-refractivity contribution in [3.63, 3.8) is 0 Å². The molecule has 0 spiro atoms. The summed E-state index contributed by atoms with van der Waals surface area (Å²) < 4.78 is 16.5. The van der Waals surface area contributed by atoms with E-state index in [1.165, 1.54) is 0 Å². The minimum Gasteiger partial charge on any atom is -0.490 e. The first-order chi connectivity index (χ1) is 10.1. The highest BCUT2D eigenvalue weighted by atomic mass is 79.9. The molecule has 1 rings (SSSR count). The molecule has 21 heavy (non-hydrogen) atoms. The van der Waals surface area contributed by atoms with E-state index in [-0.39, 0.29) is 19.1 Å². The molecule has 0 heterocycles. The van der Waals surface area contributed by atoms with E-state index < -0.39 is 0 Å². The van der Waals surface area contributed by atoms with Gasteiger partial charge < -0.3 is 24.6 Å². The van der Waals surface area contributed by atoms with Gasteiger partial charge in [-0.15, -0.1) is 0 Å². The highest BCUT2D eigenvalue weighted by Crippen LogP contribution is 2.36. The molecular formula is C14H20BrNO5. The first kappa shape index (κ1) is 17.7. The zero-order valence-corrected chi connectivity index (χ0v) is 13.7. The van der Waals surface area contributed by atoms with Crippen LogP contribution < -0.4 is 14.8 Å². The molecule has 118 valence electrons. The number of carbonyl (C=O) groups is 1. The maximum atomic E-state index is 11.6. The fourth-order valence-electron chi connectivity index (χ4n) is 1.60. The topological polar surface area (TPSA) is 77.0 Å². The minimum atomic E-state index is -0.243. The van der Waals surface area contributed by atoms with Crippen LogP contribution >= 0.6 is 15.9 Å². The van der Waals surface area contributed by atoms with Crippen molar-refractivity contribution in [2.75, 3.05) is 33.5 Å². The Morgan fingerprint density at radius 1 is 1.38 bits per heavy atom. The third-order valence-corrected chi connectivity index (χ3v) is 3.12. The van der Waals surface area contributed by atoms with Crippen molar-refractivity contribution in [3.8, 4) is 11.5 Å². The molecule has 2 N–H and O–H groups in total. The van der Waals surface area contributed by atoms with Crippen LogP contribution in [0.25, 0.3) is 0 Å². The number of methoxy groups -OCH3 is 1. The number of aliphatic hydroxyl groups excluding tert-OH is 1. The maximum Gasteiger partial charge on any atom is 0.258 e. The third kappa shape index (κ3) is 5.91. The molecule has 0 bridgehead atoms. The molecule has 0 saturated carbocycles. The molecule has 0 aliphatic rings. The zero-order valence-electron chi connectivity index (χ0n) is 12.1. The summed E-state index contributed by atoms with van der Waals surface area (Å²) in [5.41, 5.74) is 0.697. The quantitative estimate of drug-likeness (QED) is 0.651. The second kappa shape index (κ2) is 9.59. The summed E-state index contributed by atoms with van der Waals surface area (Å²) in [6, 6.07) is 3.41. The highest BCUT2D eigenvalue weighted by Gasteiger charge is 2.13. The average Bonchev–Trinajstić information content (AvgIpc) is 2.46. The van der Waals surface area contributed by atoms with Gasteiger partial charge in [-0.3, -0.25) is 4.79 Å². The third-order valence-electron chi connectivity index (χ3n) is 2.53. The Morgan fingerprint density at radius 3 is 2.76 bits per heavy atom. The van der Waals surface area contributed by atoms with Crippen molar-refractivity contribution in [3.05, 3.63) is 22.2 Å². The Balaban J connectivity index is 2.70. The molecule has 0 fully saturated rings. The Bertz CT molecular complexity index is 467. The summed E-state index contributed by atoms with van der Waals surface area (Å²) in [7, 11) is 1.57. The standard InChI is InChI=1S/C14H20BrNO5/c1-3-20-12-7-10(8-17)6-11(15)14(12)21-9-13(18)16-4-5-19-2/h6-7,17H,3-5,8-9H2,1-2H3,(H,16,18). The normalized spacial score (nSPS) is 10.3. The van der Waals surface area contributed by atoms with E-state index in [0.717, 1.165) is 0 Å². The summed E-state index contributed by atoms with van der Waals surface area (Å²) in [5.74, 6) is 0.684. The molecular weight excluding hydrogens is 342 g/mol. The Kier molecular flexibility index (Phi) is 8.11. The van der Waals surface area contributed by atoms with Crippen LogP contribution in [0.4, 0.5) is 0 Å². The lowest BCUT2D eigenvalue weighted by atomic mass is 10.2. The van der Waals surface area contributed by atoms with E-state index >= 15 is 0 Å². The van der Waals surface area contributed by atoms with Crippen molar-refractivity contribution < 1.29 is 24.1 Å². The number of hydrogen-bond donors (Lipinski definition) is 2. The fourth-order valence-corrected chi connectivity index (χ4v) is 2.20. The zero-order chi connectivity index (χ0) is 15.7. The van der Waals surface area contributed by atoms with Gasteiger partial charge in [0.15, 0.2) is 18.1 Å². The first-order valence-electron chi connectivity index (χ1n) is 6.56. The number of hydrogen-bond acceptors (Lipinski definition) is 5. The number of amides is 1. The lowest BCUT2D eigenvalue weighted by Crippen LogP contribution is -2.31. The first-order valence-corrected chi connectivity index (χ1v) is 7.36. The Morgan fingerprint density at radius 2 is 2.14 bits per heavy atom. The number of rotatable bonds is 9. The molecule has 1 aromatic carbocycles. The summed E-state index contributed by atoms with van der Waals surface area (Å²) in [6.07, 6.45) is 0. The molecule has 0 atom stereocenters. The van der Waals surface area contributed by atoms with Gasteiger partial charge in [0.2, 0.25) is 0 Å². The van der Waals surface area contributed by atoms with Gasteiger partial charge >= 0.3 is 0 Å². The largest absolute Gasteiger partial charge is 0.490 e. The number of benzene rings is 1. The van der Waals surface area contributed by atoms with Crippen molar-refractivity contribution >= 4 is 21.8 Å². The predicted molar refractivity (Wildman–Crippen MR) is 81.6 cm³/mol. The van der Waals surface area contributed by atoms with E-state index in [1.54, 1.807) is 19.2 Å². The van der Waals surface area contributed by atoms with Gasteiger partial charge in [0.25, 0.3) is 5.91 Å². The van der Waals surface area contributed by atoms with Gasteiger partial charge in [-0.25, -0.2) is 0 Å². The van der Waals surface area contributed by atoms with Gasteiger partial charge in [-0.05, 0) is 40.5 Å². The van der Waals surface area contributed by atoms with Crippen LogP contribution in [0.1, 0.15) is 12.5 Å². The molecule has 1 aromatic rings. The molecule has 0 aliphatic carbocycles. The molecule has 0 aliphatic heterocycles. The summed E-state index contributed by atoms with van der Waals surface area (Å²) in [6.45, 7) is 2.96. The van der Waals surface area contributed by atoms with E-state index in [9.17, 15) is 9.90 Å². The van der Waals surface area contributed by atoms with Gasteiger partial charge in [0, 0.05) is 13.7 Å². The molecule has 1 amide bonds. The van der Waals surface area contributed by atoms with E-state index in [1.807, 2.05) is 6.92 Å². The van der Waals surface area contributed by atoms with Crippen LogP contribution in [0.5, 0.6) is 11.5 Å². The Hall–Kier alpha value is -1.31. The number of nitrogens with one attached hydrogen (secondary N) is 1. The summed E-state index contributed by atoms with van der Waals surface area (Å²) >= 11 is 3.35. The highest BCUT2D eigenvalue weighted by molar-refractivity contribution is 9.10. The van der Waals surface area contributed by atoms with E-state index in [0.29, 0.717) is 41.3 Å². The second-order valence-electron chi connectivity index (χ2n) is 4.13. The number of halogens is 1. The minimum absolute atomic E-state index is 0.101. The van der Waals surface area contributed by atoms with Gasteiger partial charge in [-0.2, -0.15) is 0 Å². The molecule has 0 saturated heterocycles. The lowest BCUT2D eigenvalue weighted by Gasteiger charge is -2.15. The van der Waals surface area contributed by atoms with Crippen molar-refractivity contribution in [2.24, 2.45) is 0 Å². The summed E-state index contributed by atoms with van der Waals surface area (Å²) in [5, 5.41) is 11.9. The molecule has 0 unspecified atom stereocenters. The van der Waals surface area contributed by atoms with Crippen molar-refractivity contribution in [1.29, 1.82) is 0 Å². The SMILES string of the molecule is CCOc1cc(CO)cc(Br)c1OCC(=O)NCCOC. The lowest BCUT2D eigenvalue weighted by molar-refractivity contribution is -0.123. The van der Waals surface area contributed by atoms with E-state index in [2.05, 4.69) is 21.2 Å². The molecule has 0 aromatic heterocycles. The van der Waals surface area contributed by atoms with Crippen LogP contribution in [-0.4, -0.2) is 44.5 Å². The van der Waals surface area contributed by atoms with Gasteiger partial charge in [0.1, 0.15) is 0 Å². The van der Waals surface area contributed by atoms with Crippen LogP contribution in [0.15, 0.2) is 16.6 Å². The molecule has 6 nitrogen and oxygen atoms in total. The van der Waals surface area contributed by atoms with Crippen molar-refractivity contribution in [1.82, 2.24) is 5.32 Å². The van der Waals surface area contributed by atoms with Crippen LogP contribution in [0, 0.1) is 0 Å².